The fourth-order valence-corrected chi connectivity index (χ4v) is 5.00. The molecule has 0 aliphatic rings. The second-order valence-corrected chi connectivity index (χ2v) is 7.98. The Morgan fingerprint density at radius 1 is 1.19 bits per heavy atom. The molecule has 1 aromatic carbocycles. The molecule has 0 aliphatic carbocycles. The predicted octanol–water partition coefficient (Wildman–Crippen LogP) is 3.31. The maximum absolute atomic E-state index is 12.7. The molecule has 4 nitrogen and oxygen atoms in total. The maximum atomic E-state index is 12.7. The van der Waals surface area contributed by atoms with Crippen molar-refractivity contribution in [2.45, 2.75) is 31.7 Å². The van der Waals surface area contributed by atoms with Gasteiger partial charge in [-0.1, -0.05) is 32.0 Å². The van der Waals surface area contributed by atoms with Crippen molar-refractivity contribution in [1.29, 1.82) is 0 Å². The van der Waals surface area contributed by atoms with Crippen molar-refractivity contribution in [3.63, 3.8) is 0 Å². The van der Waals surface area contributed by atoms with Gasteiger partial charge in [0.25, 0.3) is 0 Å². The molecule has 1 atom stereocenters. The van der Waals surface area contributed by atoms with Crippen LogP contribution in [0.15, 0.2) is 40.6 Å². The lowest BCUT2D eigenvalue weighted by Crippen LogP contribution is -2.32. The maximum Gasteiger partial charge on any atom is 0.243 e. The van der Waals surface area contributed by atoms with E-state index in [0.29, 0.717) is 5.56 Å². The number of sulfonamides is 1. The van der Waals surface area contributed by atoms with Gasteiger partial charge in [-0.15, -0.1) is 11.3 Å². The van der Waals surface area contributed by atoms with Gasteiger partial charge in [-0.05, 0) is 35.9 Å². The van der Waals surface area contributed by atoms with Crippen molar-refractivity contribution in [2.24, 2.45) is 5.92 Å². The molecule has 1 heterocycles. The third-order valence-electron chi connectivity index (χ3n) is 3.31. The number of nitrogens with one attached hydrogen (secondary N) is 1. The Morgan fingerprint density at radius 3 is 2.43 bits per heavy atom. The Morgan fingerprint density at radius 2 is 1.90 bits per heavy atom. The molecule has 2 rings (SSSR count). The van der Waals surface area contributed by atoms with Crippen molar-refractivity contribution in [2.75, 3.05) is 5.73 Å². The minimum absolute atomic E-state index is 0.142. The number of thiophene rings is 1. The van der Waals surface area contributed by atoms with E-state index in [1.807, 2.05) is 31.4 Å². The molecule has 6 heteroatoms. The Balaban J connectivity index is 2.40. The van der Waals surface area contributed by atoms with Crippen LogP contribution in [-0.4, -0.2) is 8.42 Å². The van der Waals surface area contributed by atoms with E-state index in [1.54, 1.807) is 36.5 Å². The Bertz CT molecular complexity index is 687. The molecule has 0 fully saturated rings. The first-order chi connectivity index (χ1) is 9.83. The smallest absolute Gasteiger partial charge is 0.243 e. The highest BCUT2D eigenvalue weighted by molar-refractivity contribution is 7.89. The van der Waals surface area contributed by atoms with Crippen molar-refractivity contribution in [1.82, 2.24) is 4.72 Å². The lowest BCUT2D eigenvalue weighted by Gasteiger charge is -2.22. The zero-order valence-corrected chi connectivity index (χ0v) is 14.0. The first-order valence-electron chi connectivity index (χ1n) is 6.73. The zero-order chi connectivity index (χ0) is 15.6. The molecule has 21 heavy (non-hydrogen) atoms. The van der Waals surface area contributed by atoms with Gasteiger partial charge < -0.3 is 5.73 Å². The number of rotatable bonds is 5. The summed E-state index contributed by atoms with van der Waals surface area (Å²) in [5, 5.41) is 1.95. The van der Waals surface area contributed by atoms with Crippen LogP contribution in [0.4, 0.5) is 5.69 Å². The standard InChI is InChI=1S/C15H20N2O2S2/c1-10(2)14(13-8-5-9-20-13)17-21(18,19)15-11(3)6-4-7-12(15)16/h4-10,14,17H,16H2,1-3H3. The summed E-state index contributed by atoms with van der Waals surface area (Å²) in [6, 6.07) is 8.72. The third kappa shape index (κ3) is 3.45. The summed E-state index contributed by atoms with van der Waals surface area (Å²) in [4.78, 5) is 1.17. The highest BCUT2D eigenvalue weighted by atomic mass is 32.2. The summed E-state index contributed by atoms with van der Waals surface area (Å²) in [7, 11) is -3.66. The van der Waals surface area contributed by atoms with E-state index in [-0.39, 0.29) is 22.5 Å². The summed E-state index contributed by atoms with van der Waals surface area (Å²) < 4.78 is 28.2. The molecule has 1 aromatic heterocycles. The lowest BCUT2D eigenvalue weighted by molar-refractivity contribution is 0.469. The molecule has 1 unspecified atom stereocenters. The van der Waals surface area contributed by atoms with Crippen LogP contribution in [0, 0.1) is 12.8 Å². The summed E-state index contributed by atoms with van der Waals surface area (Å²) in [5.41, 5.74) is 6.78. The number of benzene rings is 1. The number of hydrogen-bond donors (Lipinski definition) is 2. The molecule has 0 amide bonds. The normalized spacial score (nSPS) is 13.5. The second-order valence-electron chi connectivity index (χ2n) is 5.35. The van der Waals surface area contributed by atoms with E-state index >= 15 is 0 Å². The first-order valence-corrected chi connectivity index (χ1v) is 9.10. The van der Waals surface area contributed by atoms with E-state index in [4.69, 9.17) is 5.73 Å². The van der Waals surface area contributed by atoms with Gasteiger partial charge in [0.05, 0.1) is 11.7 Å². The van der Waals surface area contributed by atoms with Gasteiger partial charge in [0, 0.05) is 4.88 Å². The largest absolute Gasteiger partial charge is 0.398 e. The monoisotopic (exact) mass is 324 g/mol. The number of nitrogen functional groups attached to an aromatic ring is 1. The van der Waals surface area contributed by atoms with Gasteiger partial charge in [0.2, 0.25) is 10.0 Å². The molecule has 0 bridgehead atoms. The lowest BCUT2D eigenvalue weighted by atomic mass is 10.0. The Hall–Kier alpha value is -1.37. The Kier molecular flexibility index (Phi) is 4.70. The van der Waals surface area contributed by atoms with Gasteiger partial charge in [0.1, 0.15) is 4.90 Å². The number of anilines is 1. The molecule has 0 spiro atoms. The molecule has 3 N–H and O–H groups in total. The van der Waals surface area contributed by atoms with Crippen molar-refractivity contribution in [3.8, 4) is 0 Å². The molecule has 0 aliphatic heterocycles. The van der Waals surface area contributed by atoms with Crippen LogP contribution in [0.25, 0.3) is 0 Å². The molecular formula is C15H20N2O2S2. The number of aryl methyl sites for hydroxylation is 1. The average molecular weight is 324 g/mol. The van der Waals surface area contributed by atoms with Crippen molar-refractivity contribution >= 4 is 27.0 Å². The second kappa shape index (κ2) is 6.17. The molecular weight excluding hydrogens is 304 g/mol. The first kappa shape index (κ1) is 16.0. The van der Waals surface area contributed by atoms with Gasteiger partial charge in [-0.2, -0.15) is 0 Å². The van der Waals surface area contributed by atoms with E-state index < -0.39 is 10.0 Å². The van der Waals surface area contributed by atoms with E-state index in [9.17, 15) is 8.42 Å². The summed E-state index contributed by atoms with van der Waals surface area (Å²) in [6.45, 7) is 5.74. The summed E-state index contributed by atoms with van der Waals surface area (Å²) in [6.07, 6.45) is 0. The van der Waals surface area contributed by atoms with Gasteiger partial charge in [0.15, 0.2) is 0 Å². The van der Waals surface area contributed by atoms with E-state index in [1.165, 1.54) is 0 Å². The van der Waals surface area contributed by atoms with Crippen LogP contribution in [-0.2, 0) is 10.0 Å². The zero-order valence-electron chi connectivity index (χ0n) is 12.3. The minimum atomic E-state index is -3.66. The van der Waals surface area contributed by atoms with Crippen LogP contribution in [0.2, 0.25) is 0 Å². The third-order valence-corrected chi connectivity index (χ3v) is 5.92. The van der Waals surface area contributed by atoms with Gasteiger partial charge in [-0.3, -0.25) is 0 Å². The average Bonchev–Trinajstić information content (AvgIpc) is 2.88. The molecule has 0 saturated heterocycles. The van der Waals surface area contributed by atoms with Gasteiger partial charge in [-0.25, -0.2) is 13.1 Å². The summed E-state index contributed by atoms with van der Waals surface area (Å²) in [5.74, 6) is 0.142. The predicted molar refractivity (Wildman–Crippen MR) is 87.8 cm³/mol. The van der Waals surface area contributed by atoms with Crippen LogP contribution in [0.1, 0.15) is 30.3 Å². The van der Waals surface area contributed by atoms with Crippen molar-refractivity contribution in [3.05, 3.63) is 46.2 Å². The molecule has 0 saturated carbocycles. The number of hydrogen-bond acceptors (Lipinski definition) is 4. The summed E-state index contributed by atoms with van der Waals surface area (Å²) >= 11 is 1.55. The highest BCUT2D eigenvalue weighted by Crippen LogP contribution is 2.30. The molecule has 2 aromatic rings. The highest BCUT2D eigenvalue weighted by Gasteiger charge is 2.27. The number of nitrogens with two attached hydrogens (primary N) is 1. The Labute approximate surface area is 130 Å². The molecule has 0 radical (unpaired) electrons. The van der Waals surface area contributed by atoms with Gasteiger partial charge >= 0.3 is 0 Å². The topological polar surface area (TPSA) is 72.2 Å². The van der Waals surface area contributed by atoms with Crippen molar-refractivity contribution < 1.29 is 8.42 Å². The fourth-order valence-electron chi connectivity index (χ4n) is 2.26. The van der Waals surface area contributed by atoms with E-state index in [2.05, 4.69) is 4.72 Å². The molecule has 114 valence electrons. The quantitative estimate of drug-likeness (QED) is 0.829. The minimum Gasteiger partial charge on any atom is -0.398 e. The SMILES string of the molecule is Cc1cccc(N)c1S(=O)(=O)NC(c1cccs1)C(C)C. The van der Waals surface area contributed by atoms with Crippen LogP contribution in [0.5, 0.6) is 0 Å². The fraction of sp³-hybridized carbons (Fsp3) is 0.333. The van der Waals surface area contributed by atoms with Crippen LogP contribution in [0.3, 0.4) is 0 Å². The van der Waals surface area contributed by atoms with Crippen LogP contribution >= 0.6 is 11.3 Å². The van der Waals surface area contributed by atoms with Crippen LogP contribution < -0.4 is 10.5 Å². The van der Waals surface area contributed by atoms with E-state index in [0.717, 1.165) is 4.88 Å².